The van der Waals surface area contributed by atoms with Crippen LogP contribution in [0.15, 0.2) is 42.7 Å². The van der Waals surface area contributed by atoms with Gasteiger partial charge in [-0.25, -0.2) is 9.97 Å². The molecule has 0 saturated heterocycles. The topological polar surface area (TPSA) is 127 Å². The van der Waals surface area contributed by atoms with Crippen molar-refractivity contribution in [2.45, 2.75) is 20.4 Å². The highest BCUT2D eigenvalue weighted by Gasteiger charge is 2.23. The number of carbonyl (C=O) groups excluding carboxylic acids is 1. The van der Waals surface area contributed by atoms with Crippen LogP contribution in [-0.4, -0.2) is 36.6 Å². The fourth-order valence-corrected chi connectivity index (χ4v) is 3.40. The highest BCUT2D eigenvalue weighted by molar-refractivity contribution is 5.96. The van der Waals surface area contributed by atoms with Crippen molar-refractivity contribution in [3.63, 3.8) is 0 Å². The van der Waals surface area contributed by atoms with Crippen LogP contribution in [0.5, 0.6) is 0 Å². The van der Waals surface area contributed by atoms with Crippen LogP contribution >= 0.6 is 0 Å². The number of nitrogens with two attached hydrogens (primary N) is 1. The summed E-state index contributed by atoms with van der Waals surface area (Å²) in [7, 11) is 0. The van der Waals surface area contributed by atoms with E-state index in [1.165, 1.54) is 0 Å². The van der Waals surface area contributed by atoms with E-state index in [0.717, 1.165) is 11.3 Å². The highest BCUT2D eigenvalue weighted by atomic mass is 16.1. The van der Waals surface area contributed by atoms with Gasteiger partial charge in [0.1, 0.15) is 5.69 Å². The zero-order chi connectivity index (χ0) is 21.3. The Morgan fingerprint density at radius 1 is 1.27 bits per heavy atom. The van der Waals surface area contributed by atoms with Crippen LogP contribution in [0, 0.1) is 11.3 Å². The van der Waals surface area contributed by atoms with Gasteiger partial charge >= 0.3 is 0 Å². The monoisotopic (exact) mass is 400 g/mol. The molecule has 3 N–H and O–H groups in total. The molecule has 0 fully saturated rings. The fourth-order valence-electron chi connectivity index (χ4n) is 3.40. The molecule has 1 amide bonds. The van der Waals surface area contributed by atoms with Gasteiger partial charge in [-0.05, 0) is 32.0 Å². The maximum Gasteiger partial charge on any atom is 0.271 e. The van der Waals surface area contributed by atoms with Gasteiger partial charge in [0.25, 0.3) is 5.91 Å². The molecule has 9 nitrogen and oxygen atoms in total. The summed E-state index contributed by atoms with van der Waals surface area (Å²) < 4.78 is 3.43. The van der Waals surface area contributed by atoms with E-state index in [4.69, 9.17) is 5.73 Å². The molecule has 1 aromatic carbocycles. The third kappa shape index (κ3) is 3.14. The van der Waals surface area contributed by atoms with Crippen molar-refractivity contribution in [1.82, 2.24) is 29.5 Å². The second kappa shape index (κ2) is 7.67. The molecule has 0 atom stereocenters. The molecular weight excluding hydrogens is 380 g/mol. The number of hydrogen-bond donors (Lipinski definition) is 2. The van der Waals surface area contributed by atoms with Crippen LogP contribution < -0.4 is 11.1 Å². The average Bonchev–Trinajstić information content (AvgIpc) is 3.41. The van der Waals surface area contributed by atoms with Crippen molar-refractivity contribution in [1.29, 1.82) is 5.26 Å². The van der Waals surface area contributed by atoms with Gasteiger partial charge in [-0.3, -0.25) is 13.9 Å². The first kappa shape index (κ1) is 19.1. The van der Waals surface area contributed by atoms with E-state index in [-0.39, 0.29) is 17.5 Å². The quantitative estimate of drug-likeness (QED) is 0.530. The number of nitrogen functional groups attached to an aromatic ring is 1. The number of nitrogens with zero attached hydrogens (tertiary/aromatic N) is 6. The van der Waals surface area contributed by atoms with Gasteiger partial charge < -0.3 is 11.1 Å². The molecule has 0 unspecified atom stereocenters. The number of rotatable bonds is 5. The number of nitrogens with one attached hydrogen (secondary N) is 1. The third-order valence-corrected chi connectivity index (χ3v) is 4.75. The van der Waals surface area contributed by atoms with Crippen LogP contribution in [0.1, 0.15) is 29.9 Å². The van der Waals surface area contributed by atoms with Gasteiger partial charge in [0.05, 0.1) is 28.6 Å². The van der Waals surface area contributed by atoms with Gasteiger partial charge in [-0.1, -0.05) is 12.1 Å². The summed E-state index contributed by atoms with van der Waals surface area (Å²) in [5.41, 5.74) is 10.3. The van der Waals surface area contributed by atoms with E-state index in [1.54, 1.807) is 35.0 Å². The molecule has 0 saturated carbocycles. The van der Waals surface area contributed by atoms with Gasteiger partial charge in [0, 0.05) is 31.0 Å². The van der Waals surface area contributed by atoms with Crippen molar-refractivity contribution in [2.24, 2.45) is 0 Å². The minimum absolute atomic E-state index is 0.191. The van der Waals surface area contributed by atoms with Crippen molar-refractivity contribution in [3.8, 4) is 28.6 Å². The molecule has 30 heavy (non-hydrogen) atoms. The number of amides is 1. The van der Waals surface area contributed by atoms with Crippen LogP contribution in [0.4, 0.5) is 5.95 Å². The third-order valence-electron chi connectivity index (χ3n) is 4.75. The van der Waals surface area contributed by atoms with E-state index >= 15 is 0 Å². The predicted octanol–water partition coefficient (Wildman–Crippen LogP) is 2.48. The molecule has 0 radical (unpaired) electrons. The Balaban J connectivity index is 2.07. The molecule has 0 spiro atoms. The number of imidazole rings is 1. The Morgan fingerprint density at radius 2 is 2.10 bits per heavy atom. The number of nitriles is 1. The Kier molecular flexibility index (Phi) is 4.90. The molecule has 3 heterocycles. The second-order valence-electron chi connectivity index (χ2n) is 6.60. The molecule has 0 bridgehead atoms. The summed E-state index contributed by atoms with van der Waals surface area (Å²) in [6.45, 7) is 4.96. The Hall–Kier alpha value is -4.19. The summed E-state index contributed by atoms with van der Waals surface area (Å²) >= 11 is 0. The molecule has 150 valence electrons. The van der Waals surface area contributed by atoms with E-state index < -0.39 is 0 Å². The van der Waals surface area contributed by atoms with Crippen LogP contribution in [0.2, 0.25) is 0 Å². The van der Waals surface area contributed by atoms with E-state index in [1.807, 2.05) is 30.7 Å². The molecule has 3 aromatic heterocycles. The van der Waals surface area contributed by atoms with Gasteiger partial charge in [-0.15, -0.1) is 0 Å². The Morgan fingerprint density at radius 3 is 2.83 bits per heavy atom. The van der Waals surface area contributed by atoms with E-state index in [0.29, 0.717) is 35.6 Å². The highest BCUT2D eigenvalue weighted by Crippen LogP contribution is 2.35. The Labute approximate surface area is 172 Å². The minimum Gasteiger partial charge on any atom is -0.369 e. The Bertz CT molecular complexity index is 1290. The summed E-state index contributed by atoms with van der Waals surface area (Å²) in [4.78, 5) is 21.6. The maximum absolute atomic E-state index is 12.4. The number of aryl methyl sites for hydroxylation is 1. The first-order valence-electron chi connectivity index (χ1n) is 9.56. The predicted molar refractivity (Wildman–Crippen MR) is 112 cm³/mol. The van der Waals surface area contributed by atoms with Gasteiger partial charge in [0.15, 0.2) is 5.65 Å². The van der Waals surface area contributed by atoms with E-state index in [2.05, 4.69) is 26.5 Å². The van der Waals surface area contributed by atoms with Crippen LogP contribution in [0.25, 0.3) is 28.2 Å². The van der Waals surface area contributed by atoms with Crippen molar-refractivity contribution in [3.05, 3.63) is 54.0 Å². The number of anilines is 1. The lowest BCUT2D eigenvalue weighted by Gasteiger charge is -2.13. The zero-order valence-electron chi connectivity index (χ0n) is 16.6. The number of carbonyl (C=O) groups is 1. The van der Waals surface area contributed by atoms with Crippen molar-refractivity contribution < 1.29 is 4.79 Å². The molecular formula is C21H20N8O. The number of fused-ring (bicyclic) bond motifs is 1. The maximum atomic E-state index is 12.4. The molecule has 9 heteroatoms. The smallest absolute Gasteiger partial charge is 0.271 e. The first-order chi connectivity index (χ1) is 14.6. The van der Waals surface area contributed by atoms with Crippen molar-refractivity contribution in [2.75, 3.05) is 12.3 Å². The molecule has 0 aliphatic rings. The van der Waals surface area contributed by atoms with Gasteiger partial charge in [-0.2, -0.15) is 10.4 Å². The summed E-state index contributed by atoms with van der Waals surface area (Å²) in [6.07, 6.45) is 3.28. The largest absolute Gasteiger partial charge is 0.369 e. The number of hydrogen-bond acceptors (Lipinski definition) is 6. The lowest BCUT2D eigenvalue weighted by atomic mass is 10.0. The lowest BCUT2D eigenvalue weighted by molar-refractivity contribution is 0.0951. The zero-order valence-corrected chi connectivity index (χ0v) is 16.6. The number of benzene rings is 1. The SMILES string of the molecule is CCNC(=O)c1cn2c(N)nc(-c3cccc(C#N)c3)c(-c3ccnn3CC)c2n1. The standard InChI is InChI=1S/C21H20N8O/c1-3-24-20(30)15-12-28-19(26-15)17(16-8-9-25-29(16)4-2)18(27-21(28)23)14-7-5-6-13(10-14)11-22/h5-10,12H,3-4H2,1-2H3,(H2,23,27)(H,24,30). The van der Waals surface area contributed by atoms with Crippen molar-refractivity contribution >= 4 is 17.5 Å². The fraction of sp³-hybridized carbons (Fsp3) is 0.190. The van der Waals surface area contributed by atoms with Gasteiger partial charge in [0.2, 0.25) is 5.95 Å². The lowest BCUT2D eigenvalue weighted by Crippen LogP contribution is -2.22. The molecule has 4 aromatic rings. The number of aromatic nitrogens is 5. The normalized spacial score (nSPS) is 10.8. The first-order valence-corrected chi connectivity index (χ1v) is 9.56. The second-order valence-corrected chi connectivity index (χ2v) is 6.60. The molecule has 0 aliphatic carbocycles. The summed E-state index contributed by atoms with van der Waals surface area (Å²) in [5.74, 6) is -0.0969. The van der Waals surface area contributed by atoms with Crippen LogP contribution in [-0.2, 0) is 6.54 Å². The molecule has 0 aliphatic heterocycles. The average molecular weight is 400 g/mol. The summed E-state index contributed by atoms with van der Waals surface area (Å²) in [6, 6.07) is 11.2. The summed E-state index contributed by atoms with van der Waals surface area (Å²) in [5, 5.41) is 16.4. The van der Waals surface area contributed by atoms with E-state index in [9.17, 15) is 10.1 Å². The van der Waals surface area contributed by atoms with Crippen LogP contribution in [0.3, 0.4) is 0 Å². The minimum atomic E-state index is -0.288. The molecule has 4 rings (SSSR count).